The standard InChI is InChI=1S/C66H117N3O5/c1-8-11-14-17-20-23-26-29-32-35-38-41-44-47-54-71-62-57-59(65(70)74-61-52-50-60(51-53-61)67-66(68(4)5)69(6)7)58-63(72-55-48-45-42-39-36-33-30-27-24-21-18-15-12-9-2)64(62)73-56-49-46-43-40-37-34-31-28-25-22-19-16-13-10-3/h50-53,57-58H,8-49,54-56H2,1-7H3. The smallest absolute Gasteiger partial charge is 0.343 e. The lowest BCUT2D eigenvalue weighted by atomic mass is 10.0. The van der Waals surface area contributed by atoms with E-state index in [9.17, 15) is 4.79 Å². The van der Waals surface area contributed by atoms with Gasteiger partial charge in [-0.25, -0.2) is 9.79 Å². The molecule has 2 rings (SSSR count). The Labute approximate surface area is 457 Å². The van der Waals surface area contributed by atoms with Gasteiger partial charge >= 0.3 is 5.97 Å². The van der Waals surface area contributed by atoms with Crippen LogP contribution in [0.4, 0.5) is 5.69 Å². The van der Waals surface area contributed by atoms with E-state index in [1.54, 1.807) is 12.1 Å². The van der Waals surface area contributed by atoms with Crippen molar-refractivity contribution >= 4 is 17.6 Å². The summed E-state index contributed by atoms with van der Waals surface area (Å²) in [5, 5.41) is 0. The molecule has 2 aromatic rings. The molecule has 0 aliphatic heterocycles. The Morgan fingerprint density at radius 1 is 0.378 bits per heavy atom. The lowest BCUT2D eigenvalue weighted by Gasteiger charge is -2.22. The molecule has 74 heavy (non-hydrogen) atoms. The van der Waals surface area contributed by atoms with Gasteiger partial charge in [0.2, 0.25) is 11.7 Å². The number of benzene rings is 2. The maximum atomic E-state index is 14.0. The number of hydrogen-bond acceptors (Lipinski definition) is 6. The highest BCUT2D eigenvalue weighted by Gasteiger charge is 2.21. The second-order valence-corrected chi connectivity index (χ2v) is 22.2. The van der Waals surface area contributed by atoms with Gasteiger partial charge in [0.15, 0.2) is 11.5 Å². The number of ether oxygens (including phenoxy) is 4. The lowest BCUT2D eigenvalue weighted by molar-refractivity contribution is 0.0733. The van der Waals surface area contributed by atoms with Crippen LogP contribution in [0.3, 0.4) is 0 Å². The molecule has 0 atom stereocenters. The SMILES string of the molecule is CCCCCCCCCCCCCCCCOc1cc(C(=O)Oc2ccc(N=C(N(C)C)N(C)C)cc2)cc(OCCCCCCCCCCCCCCCC)c1OCCCCCCCCCCCCCCCC. The fraction of sp³-hybridized carbons (Fsp3) is 0.788. The number of carbonyl (C=O) groups is 1. The molecule has 8 heteroatoms. The Morgan fingerprint density at radius 2 is 0.649 bits per heavy atom. The number of rotatable bonds is 51. The van der Waals surface area contributed by atoms with Crippen molar-refractivity contribution in [2.24, 2.45) is 4.99 Å². The van der Waals surface area contributed by atoms with E-state index in [4.69, 9.17) is 23.9 Å². The molecule has 0 aromatic heterocycles. The van der Waals surface area contributed by atoms with Gasteiger partial charge in [-0.3, -0.25) is 0 Å². The number of hydrogen-bond donors (Lipinski definition) is 0. The number of carbonyl (C=O) groups excluding carboxylic acids is 1. The number of esters is 1. The van der Waals surface area contributed by atoms with E-state index >= 15 is 0 Å². The average Bonchev–Trinajstić information content (AvgIpc) is 3.39. The van der Waals surface area contributed by atoms with Gasteiger partial charge in [0.25, 0.3) is 0 Å². The van der Waals surface area contributed by atoms with Crippen LogP contribution < -0.4 is 18.9 Å². The van der Waals surface area contributed by atoms with Gasteiger partial charge < -0.3 is 28.7 Å². The van der Waals surface area contributed by atoms with Crippen LogP contribution in [-0.4, -0.2) is 69.7 Å². The molecule has 0 radical (unpaired) electrons. The van der Waals surface area contributed by atoms with E-state index < -0.39 is 5.97 Å². The third kappa shape index (κ3) is 35.8. The Hall–Kier alpha value is -3.42. The van der Waals surface area contributed by atoms with Crippen LogP contribution in [0.25, 0.3) is 0 Å². The van der Waals surface area contributed by atoms with Crippen LogP contribution in [0.1, 0.15) is 301 Å². The van der Waals surface area contributed by atoms with Gasteiger partial charge in [-0.05, 0) is 55.7 Å². The molecule has 0 saturated heterocycles. The van der Waals surface area contributed by atoms with Crippen LogP contribution in [0.5, 0.6) is 23.0 Å². The molecular weight excluding hydrogens is 915 g/mol. The quantitative estimate of drug-likeness (QED) is 0.0215. The Bertz CT molecular complexity index is 1540. The zero-order chi connectivity index (χ0) is 53.4. The molecule has 0 unspecified atom stereocenters. The second-order valence-electron chi connectivity index (χ2n) is 22.2. The summed E-state index contributed by atoms with van der Waals surface area (Å²) in [6, 6.07) is 11.0. The van der Waals surface area contributed by atoms with Crippen LogP contribution in [-0.2, 0) is 0 Å². The largest absolute Gasteiger partial charge is 0.490 e. The summed E-state index contributed by atoms with van der Waals surface area (Å²) in [6.07, 6.45) is 55.1. The fourth-order valence-electron chi connectivity index (χ4n) is 9.95. The van der Waals surface area contributed by atoms with Crippen LogP contribution in [0.15, 0.2) is 41.4 Å². The fourth-order valence-corrected chi connectivity index (χ4v) is 9.95. The molecule has 0 spiro atoms. The molecule has 0 bridgehead atoms. The van der Waals surface area contributed by atoms with E-state index in [-0.39, 0.29) is 0 Å². The Kier molecular flexibility index (Phi) is 43.2. The van der Waals surface area contributed by atoms with E-state index in [1.807, 2.05) is 62.3 Å². The molecule has 0 aliphatic carbocycles. The van der Waals surface area contributed by atoms with Gasteiger partial charge in [-0.1, -0.05) is 271 Å². The molecule has 426 valence electrons. The summed E-state index contributed by atoms with van der Waals surface area (Å²) in [7, 11) is 7.90. The Morgan fingerprint density at radius 3 is 0.932 bits per heavy atom. The monoisotopic (exact) mass is 1030 g/mol. The summed E-state index contributed by atoms with van der Waals surface area (Å²) in [6.45, 7) is 8.59. The molecule has 0 aliphatic rings. The van der Waals surface area contributed by atoms with Crippen molar-refractivity contribution in [2.75, 3.05) is 48.0 Å². The van der Waals surface area contributed by atoms with Crippen LogP contribution >= 0.6 is 0 Å². The molecule has 2 aromatic carbocycles. The van der Waals surface area contributed by atoms with Gasteiger partial charge in [0.05, 0.1) is 31.1 Å². The maximum Gasteiger partial charge on any atom is 0.343 e. The molecule has 0 saturated carbocycles. The van der Waals surface area contributed by atoms with Crippen molar-refractivity contribution in [3.05, 3.63) is 42.0 Å². The highest BCUT2D eigenvalue weighted by Crippen LogP contribution is 2.40. The van der Waals surface area contributed by atoms with E-state index in [2.05, 4.69) is 20.8 Å². The zero-order valence-corrected chi connectivity index (χ0v) is 49.7. The average molecular weight is 1030 g/mol. The minimum Gasteiger partial charge on any atom is -0.490 e. The molecule has 0 N–H and O–H groups in total. The van der Waals surface area contributed by atoms with Gasteiger partial charge in [0.1, 0.15) is 5.75 Å². The predicted octanol–water partition coefficient (Wildman–Crippen LogP) is 20.6. The first-order valence-electron chi connectivity index (χ1n) is 31.6. The van der Waals surface area contributed by atoms with Crippen molar-refractivity contribution < 1.29 is 23.7 Å². The van der Waals surface area contributed by atoms with Crippen molar-refractivity contribution in [1.82, 2.24) is 9.80 Å². The first-order valence-corrected chi connectivity index (χ1v) is 31.6. The number of aliphatic imine (C=N–C) groups is 1. The van der Waals surface area contributed by atoms with Crippen molar-refractivity contribution in [3.63, 3.8) is 0 Å². The van der Waals surface area contributed by atoms with Gasteiger partial charge in [-0.15, -0.1) is 0 Å². The topological polar surface area (TPSA) is 72.8 Å². The Balaban J connectivity index is 2.09. The minimum atomic E-state index is -0.454. The molecular formula is C66H117N3O5. The van der Waals surface area contributed by atoms with Gasteiger partial charge in [0, 0.05) is 28.2 Å². The van der Waals surface area contributed by atoms with Crippen LogP contribution in [0, 0.1) is 0 Å². The van der Waals surface area contributed by atoms with Crippen LogP contribution in [0.2, 0.25) is 0 Å². The third-order valence-electron chi connectivity index (χ3n) is 14.6. The zero-order valence-electron chi connectivity index (χ0n) is 49.7. The van der Waals surface area contributed by atoms with E-state index in [0.29, 0.717) is 48.4 Å². The lowest BCUT2D eigenvalue weighted by Crippen LogP contribution is -2.35. The summed E-state index contributed by atoms with van der Waals surface area (Å²) in [5.74, 6) is 2.58. The van der Waals surface area contributed by atoms with Crippen molar-refractivity contribution in [2.45, 2.75) is 290 Å². The highest BCUT2D eigenvalue weighted by molar-refractivity contribution is 5.92. The first-order chi connectivity index (χ1) is 36.3. The molecule has 0 fully saturated rings. The van der Waals surface area contributed by atoms with E-state index in [0.717, 1.165) is 50.2 Å². The maximum absolute atomic E-state index is 14.0. The number of guanidine groups is 1. The number of nitrogens with zero attached hydrogens (tertiary/aromatic N) is 3. The highest BCUT2D eigenvalue weighted by atomic mass is 16.5. The normalized spacial score (nSPS) is 11.2. The molecule has 8 nitrogen and oxygen atoms in total. The predicted molar refractivity (Wildman–Crippen MR) is 320 cm³/mol. The summed E-state index contributed by atoms with van der Waals surface area (Å²) in [5.41, 5.74) is 1.17. The molecule has 0 heterocycles. The third-order valence-corrected chi connectivity index (χ3v) is 14.6. The van der Waals surface area contributed by atoms with Gasteiger partial charge in [-0.2, -0.15) is 0 Å². The summed E-state index contributed by atoms with van der Waals surface area (Å²) >= 11 is 0. The molecule has 0 amide bonds. The minimum absolute atomic E-state index is 0.394. The van der Waals surface area contributed by atoms with Crippen molar-refractivity contribution in [3.8, 4) is 23.0 Å². The summed E-state index contributed by atoms with van der Waals surface area (Å²) in [4.78, 5) is 22.7. The summed E-state index contributed by atoms with van der Waals surface area (Å²) < 4.78 is 25.8. The second kappa shape index (κ2) is 48.0. The van der Waals surface area contributed by atoms with Crippen molar-refractivity contribution in [1.29, 1.82) is 0 Å². The first kappa shape index (κ1) is 66.7. The van der Waals surface area contributed by atoms with E-state index in [1.165, 1.54) is 231 Å². The number of unbranched alkanes of at least 4 members (excludes halogenated alkanes) is 39.